The number of para-hydroxylation sites is 1. The second-order valence-electron chi connectivity index (χ2n) is 10.8. The number of anilines is 3. The fourth-order valence-corrected chi connectivity index (χ4v) is 6.48. The normalized spacial score (nSPS) is 17.7. The zero-order chi connectivity index (χ0) is 28.5. The number of aromatic nitrogens is 5. The molecule has 2 fully saturated rings. The minimum absolute atomic E-state index is 0.0162. The maximum Gasteiger partial charge on any atom is 0.238 e. The molecule has 4 aromatic rings. The Kier molecular flexibility index (Phi) is 7.67. The number of likely N-dealkylation sites (tertiary alicyclic amines) is 1. The van der Waals surface area contributed by atoms with Gasteiger partial charge in [0.1, 0.15) is 0 Å². The summed E-state index contributed by atoms with van der Waals surface area (Å²) in [5, 5.41) is 11.7. The molecular weight excluding hydrogens is 538 g/mol. The SMILES string of the molecule is Cc1cnc(Nc2cc(C)n(C)n2)nc1-c1c[nH]c2c(NC(=O)CN3CC[C@H](C(=O)N4CCSCC4)C3)cccc12. The van der Waals surface area contributed by atoms with Crippen molar-refractivity contribution in [1.29, 1.82) is 0 Å². The lowest BCUT2D eigenvalue weighted by molar-refractivity contribution is -0.134. The van der Waals surface area contributed by atoms with Crippen LogP contribution >= 0.6 is 11.8 Å². The topological polar surface area (TPSA) is 124 Å². The Balaban J connectivity index is 1.14. The number of carbonyl (C=O) groups is 2. The van der Waals surface area contributed by atoms with Crippen LogP contribution in [0.4, 0.5) is 17.5 Å². The van der Waals surface area contributed by atoms with E-state index in [1.807, 2.05) is 68.0 Å². The number of nitrogens with zero attached hydrogens (tertiary/aromatic N) is 6. The summed E-state index contributed by atoms with van der Waals surface area (Å²) in [6, 6.07) is 7.79. The van der Waals surface area contributed by atoms with Gasteiger partial charge in [0.2, 0.25) is 17.8 Å². The Labute approximate surface area is 243 Å². The van der Waals surface area contributed by atoms with E-state index >= 15 is 0 Å². The summed E-state index contributed by atoms with van der Waals surface area (Å²) < 4.78 is 1.80. The lowest BCUT2D eigenvalue weighted by Gasteiger charge is -2.28. The van der Waals surface area contributed by atoms with Gasteiger partial charge in [0.25, 0.3) is 0 Å². The molecule has 2 saturated heterocycles. The van der Waals surface area contributed by atoms with Gasteiger partial charge in [-0.3, -0.25) is 19.2 Å². The summed E-state index contributed by atoms with van der Waals surface area (Å²) in [6.45, 7) is 7.28. The van der Waals surface area contributed by atoms with Crippen LogP contribution in [0.1, 0.15) is 17.7 Å². The van der Waals surface area contributed by atoms with Crippen molar-refractivity contribution in [3.63, 3.8) is 0 Å². The molecule has 2 amide bonds. The molecule has 3 aromatic heterocycles. The number of aromatic amines is 1. The van der Waals surface area contributed by atoms with Gasteiger partial charge in [-0.25, -0.2) is 9.97 Å². The van der Waals surface area contributed by atoms with Gasteiger partial charge in [0.15, 0.2) is 5.82 Å². The number of H-pyrrole nitrogens is 1. The van der Waals surface area contributed by atoms with Crippen LogP contribution in [0.25, 0.3) is 22.2 Å². The van der Waals surface area contributed by atoms with Crippen molar-refractivity contribution in [2.75, 3.05) is 54.9 Å². The van der Waals surface area contributed by atoms with Crippen molar-refractivity contribution < 1.29 is 9.59 Å². The van der Waals surface area contributed by atoms with Gasteiger partial charge in [-0.1, -0.05) is 12.1 Å². The number of carbonyl (C=O) groups excluding carboxylic acids is 2. The maximum atomic E-state index is 13.1. The standard InChI is InChI=1S/C29H35N9O2S/c1-18-14-31-29(33-24-13-19(2)36(3)35-24)34-26(18)22-15-30-27-21(22)5-4-6-23(27)32-25(39)17-37-8-7-20(16-37)28(40)38-9-11-41-12-10-38/h4-6,13-15,20,30H,7-12,16-17H2,1-3H3,(H,32,39)(H,31,33,34,35)/t20-/m0/s1. The first-order chi connectivity index (χ1) is 19.9. The number of amides is 2. The number of rotatable bonds is 7. The van der Waals surface area contributed by atoms with Crippen LogP contribution in [0.5, 0.6) is 0 Å². The minimum atomic E-state index is -0.0912. The maximum absolute atomic E-state index is 13.1. The first-order valence-corrected chi connectivity index (χ1v) is 15.1. The van der Waals surface area contributed by atoms with Crippen LogP contribution in [0.2, 0.25) is 0 Å². The van der Waals surface area contributed by atoms with Crippen LogP contribution < -0.4 is 10.6 Å². The summed E-state index contributed by atoms with van der Waals surface area (Å²) in [5.41, 5.74) is 5.23. The van der Waals surface area contributed by atoms with Gasteiger partial charge in [-0.05, 0) is 38.4 Å². The van der Waals surface area contributed by atoms with Crippen molar-refractivity contribution in [2.45, 2.75) is 20.3 Å². The number of thioether (sulfide) groups is 1. The molecule has 12 heteroatoms. The highest BCUT2D eigenvalue weighted by Gasteiger charge is 2.32. The number of fused-ring (bicyclic) bond motifs is 1. The molecule has 0 radical (unpaired) electrons. The molecule has 11 nitrogen and oxygen atoms in total. The van der Waals surface area contributed by atoms with Gasteiger partial charge in [-0.2, -0.15) is 16.9 Å². The van der Waals surface area contributed by atoms with E-state index in [1.54, 1.807) is 10.9 Å². The van der Waals surface area contributed by atoms with E-state index in [0.29, 0.717) is 24.0 Å². The summed E-state index contributed by atoms with van der Waals surface area (Å²) >= 11 is 1.90. The highest BCUT2D eigenvalue weighted by molar-refractivity contribution is 7.99. The third kappa shape index (κ3) is 5.80. The Morgan fingerprint density at radius 2 is 2.00 bits per heavy atom. The predicted octanol–water partition coefficient (Wildman–Crippen LogP) is 3.55. The van der Waals surface area contributed by atoms with E-state index in [1.165, 1.54) is 0 Å². The number of nitrogens with one attached hydrogen (secondary N) is 3. The fraction of sp³-hybridized carbons (Fsp3) is 0.414. The predicted molar refractivity (Wildman–Crippen MR) is 162 cm³/mol. The zero-order valence-corrected chi connectivity index (χ0v) is 24.4. The van der Waals surface area contributed by atoms with Crippen LogP contribution in [-0.2, 0) is 16.6 Å². The van der Waals surface area contributed by atoms with E-state index in [2.05, 4.69) is 30.6 Å². The third-order valence-corrected chi connectivity index (χ3v) is 8.82. The van der Waals surface area contributed by atoms with Gasteiger partial charge in [0, 0.05) is 73.3 Å². The molecule has 1 aromatic carbocycles. The number of hydrogen-bond donors (Lipinski definition) is 3. The second kappa shape index (κ2) is 11.5. The first-order valence-electron chi connectivity index (χ1n) is 14.0. The molecule has 41 heavy (non-hydrogen) atoms. The average molecular weight is 574 g/mol. The lowest BCUT2D eigenvalue weighted by atomic mass is 10.1. The molecule has 2 aliphatic rings. The van der Waals surface area contributed by atoms with Gasteiger partial charge in [-0.15, -0.1) is 0 Å². The van der Waals surface area contributed by atoms with E-state index in [0.717, 1.165) is 71.0 Å². The molecule has 1 atom stereocenters. The quantitative estimate of drug-likeness (QED) is 0.307. The molecule has 0 spiro atoms. The number of benzene rings is 1. The first kappa shape index (κ1) is 27.3. The molecule has 3 N–H and O–H groups in total. The van der Waals surface area contributed by atoms with Crippen molar-refractivity contribution in [3.8, 4) is 11.3 Å². The van der Waals surface area contributed by atoms with Gasteiger partial charge >= 0.3 is 0 Å². The summed E-state index contributed by atoms with van der Waals surface area (Å²) in [5.74, 6) is 3.30. The Morgan fingerprint density at radius 1 is 1.17 bits per heavy atom. The van der Waals surface area contributed by atoms with Crippen molar-refractivity contribution in [2.24, 2.45) is 13.0 Å². The molecule has 6 rings (SSSR count). The molecule has 2 aliphatic heterocycles. The van der Waals surface area contributed by atoms with Crippen LogP contribution in [0, 0.1) is 19.8 Å². The van der Waals surface area contributed by atoms with E-state index in [4.69, 9.17) is 4.98 Å². The molecule has 0 bridgehead atoms. The van der Waals surface area contributed by atoms with E-state index in [-0.39, 0.29) is 24.3 Å². The van der Waals surface area contributed by atoms with Crippen LogP contribution in [0.15, 0.2) is 36.7 Å². The number of aryl methyl sites for hydroxylation is 3. The van der Waals surface area contributed by atoms with Gasteiger partial charge in [0.05, 0.1) is 29.4 Å². The Morgan fingerprint density at radius 3 is 2.78 bits per heavy atom. The smallest absolute Gasteiger partial charge is 0.238 e. The highest BCUT2D eigenvalue weighted by Crippen LogP contribution is 2.33. The van der Waals surface area contributed by atoms with Crippen molar-refractivity contribution in [1.82, 2.24) is 34.5 Å². The molecule has 5 heterocycles. The van der Waals surface area contributed by atoms with Crippen molar-refractivity contribution >= 4 is 51.9 Å². The number of hydrogen-bond acceptors (Lipinski definition) is 8. The molecule has 0 saturated carbocycles. The summed E-state index contributed by atoms with van der Waals surface area (Å²) in [4.78, 5) is 42.6. The van der Waals surface area contributed by atoms with Gasteiger partial charge < -0.3 is 20.5 Å². The average Bonchev–Trinajstić information content (AvgIpc) is 3.69. The molecule has 0 aliphatic carbocycles. The summed E-state index contributed by atoms with van der Waals surface area (Å²) in [6.07, 6.45) is 4.52. The zero-order valence-electron chi connectivity index (χ0n) is 23.6. The van der Waals surface area contributed by atoms with Crippen LogP contribution in [-0.4, -0.2) is 90.6 Å². The Bertz CT molecular complexity index is 1570. The lowest BCUT2D eigenvalue weighted by Crippen LogP contribution is -2.42. The highest BCUT2D eigenvalue weighted by atomic mass is 32.2. The fourth-order valence-electron chi connectivity index (χ4n) is 5.58. The van der Waals surface area contributed by atoms with E-state index in [9.17, 15) is 9.59 Å². The molecular formula is C29H35N9O2S. The second-order valence-corrected chi connectivity index (χ2v) is 12.0. The van der Waals surface area contributed by atoms with Crippen LogP contribution in [0.3, 0.4) is 0 Å². The molecule has 0 unspecified atom stereocenters. The molecule has 214 valence electrons. The Hall–Kier alpha value is -3.90. The minimum Gasteiger partial charge on any atom is -0.359 e. The van der Waals surface area contributed by atoms with Crippen molar-refractivity contribution in [3.05, 3.63) is 47.9 Å². The largest absolute Gasteiger partial charge is 0.359 e. The monoisotopic (exact) mass is 573 g/mol. The summed E-state index contributed by atoms with van der Waals surface area (Å²) in [7, 11) is 1.89. The third-order valence-electron chi connectivity index (χ3n) is 7.88. The van der Waals surface area contributed by atoms with E-state index < -0.39 is 0 Å².